The first-order valence-corrected chi connectivity index (χ1v) is 8.15. The third-order valence-corrected chi connectivity index (χ3v) is 4.31. The average molecular weight is 328 g/mol. The summed E-state index contributed by atoms with van der Waals surface area (Å²) in [5.41, 5.74) is 2.36. The zero-order valence-corrected chi connectivity index (χ0v) is 13.3. The van der Waals surface area contributed by atoms with E-state index in [0.29, 0.717) is 28.7 Å². The standard InChI is InChI=1S/C16H16N4O2S/c1-2-11-6-12(14(22)7-13(11)21)15-18-16(20-19-15)23-9-10-4-3-5-17-8-10/h3-8,21-22H,2,9H2,1H3,(H,18,19,20). The van der Waals surface area contributed by atoms with E-state index in [9.17, 15) is 10.2 Å². The topological polar surface area (TPSA) is 94.9 Å². The molecule has 2 aromatic heterocycles. The van der Waals surface area contributed by atoms with E-state index in [1.807, 2.05) is 19.1 Å². The van der Waals surface area contributed by atoms with E-state index < -0.39 is 0 Å². The van der Waals surface area contributed by atoms with Crippen LogP contribution in [-0.2, 0) is 12.2 Å². The molecule has 0 spiro atoms. The SMILES string of the molecule is CCc1cc(-c2nc(SCc3cccnc3)n[nH]2)c(O)cc1O. The van der Waals surface area contributed by atoms with Gasteiger partial charge in [-0.15, -0.1) is 5.10 Å². The van der Waals surface area contributed by atoms with E-state index >= 15 is 0 Å². The van der Waals surface area contributed by atoms with Crippen LogP contribution in [0.2, 0.25) is 0 Å². The van der Waals surface area contributed by atoms with Gasteiger partial charge >= 0.3 is 0 Å². The van der Waals surface area contributed by atoms with E-state index in [1.54, 1.807) is 18.5 Å². The van der Waals surface area contributed by atoms with Crippen molar-refractivity contribution in [1.82, 2.24) is 20.2 Å². The van der Waals surface area contributed by atoms with Crippen LogP contribution in [0.4, 0.5) is 0 Å². The summed E-state index contributed by atoms with van der Waals surface area (Å²) in [7, 11) is 0. The van der Waals surface area contributed by atoms with Gasteiger partial charge in [0.1, 0.15) is 11.5 Å². The molecular weight excluding hydrogens is 312 g/mol. The molecule has 3 rings (SSSR count). The third kappa shape index (κ3) is 3.45. The van der Waals surface area contributed by atoms with Crippen molar-refractivity contribution in [3.63, 3.8) is 0 Å². The highest BCUT2D eigenvalue weighted by Crippen LogP contribution is 2.34. The number of aromatic nitrogens is 4. The van der Waals surface area contributed by atoms with Crippen molar-refractivity contribution < 1.29 is 10.2 Å². The number of nitrogens with one attached hydrogen (secondary N) is 1. The van der Waals surface area contributed by atoms with Gasteiger partial charge in [-0.05, 0) is 29.7 Å². The van der Waals surface area contributed by atoms with Crippen LogP contribution in [0.5, 0.6) is 11.5 Å². The Morgan fingerprint density at radius 2 is 2.09 bits per heavy atom. The summed E-state index contributed by atoms with van der Waals surface area (Å²) in [6.07, 6.45) is 4.20. The van der Waals surface area contributed by atoms with Crippen molar-refractivity contribution in [3.05, 3.63) is 47.8 Å². The Labute approximate surface area is 137 Å². The Morgan fingerprint density at radius 1 is 1.22 bits per heavy atom. The molecule has 0 aliphatic heterocycles. The number of phenolic OH excluding ortho intramolecular Hbond substituents is 2. The predicted octanol–water partition coefficient (Wildman–Crippen LogP) is 3.13. The summed E-state index contributed by atoms with van der Waals surface area (Å²) in [4.78, 5) is 8.47. The highest BCUT2D eigenvalue weighted by molar-refractivity contribution is 7.98. The Morgan fingerprint density at radius 3 is 2.83 bits per heavy atom. The van der Waals surface area contributed by atoms with Gasteiger partial charge in [0.2, 0.25) is 5.16 Å². The van der Waals surface area contributed by atoms with Crippen LogP contribution in [-0.4, -0.2) is 30.4 Å². The lowest BCUT2D eigenvalue weighted by Gasteiger charge is -2.06. The highest BCUT2D eigenvalue weighted by Gasteiger charge is 2.13. The maximum Gasteiger partial charge on any atom is 0.209 e. The van der Waals surface area contributed by atoms with Crippen LogP contribution in [0, 0.1) is 0 Å². The molecule has 0 bridgehead atoms. The first-order chi connectivity index (χ1) is 11.2. The Balaban J connectivity index is 1.79. The molecule has 0 saturated carbocycles. The van der Waals surface area contributed by atoms with E-state index in [0.717, 1.165) is 11.1 Å². The second-order valence-corrected chi connectivity index (χ2v) is 5.91. The van der Waals surface area contributed by atoms with Crippen molar-refractivity contribution >= 4 is 11.8 Å². The minimum atomic E-state index is -0.0281. The minimum absolute atomic E-state index is 0.0281. The number of aromatic amines is 1. The van der Waals surface area contributed by atoms with Crippen molar-refractivity contribution in [3.8, 4) is 22.9 Å². The van der Waals surface area contributed by atoms with Crippen LogP contribution in [0.3, 0.4) is 0 Å². The lowest BCUT2D eigenvalue weighted by molar-refractivity contribution is 0.447. The molecule has 1 aromatic carbocycles. The molecular formula is C16H16N4O2S. The van der Waals surface area contributed by atoms with Crippen LogP contribution in [0.25, 0.3) is 11.4 Å². The molecule has 0 unspecified atom stereocenters. The van der Waals surface area contributed by atoms with Gasteiger partial charge < -0.3 is 10.2 Å². The number of hydrogen-bond donors (Lipinski definition) is 3. The minimum Gasteiger partial charge on any atom is -0.508 e. The summed E-state index contributed by atoms with van der Waals surface area (Å²) in [6, 6.07) is 6.94. The fourth-order valence-corrected chi connectivity index (χ4v) is 2.89. The van der Waals surface area contributed by atoms with E-state index in [-0.39, 0.29) is 11.5 Å². The number of nitrogens with zero attached hydrogens (tertiary/aromatic N) is 3. The van der Waals surface area contributed by atoms with Gasteiger partial charge in [0, 0.05) is 24.2 Å². The van der Waals surface area contributed by atoms with Crippen LogP contribution in [0.1, 0.15) is 18.1 Å². The fourth-order valence-electron chi connectivity index (χ4n) is 2.16. The molecule has 0 radical (unpaired) electrons. The number of pyridine rings is 1. The molecule has 0 fully saturated rings. The summed E-state index contributed by atoms with van der Waals surface area (Å²) < 4.78 is 0. The Bertz CT molecular complexity index is 805. The quantitative estimate of drug-likeness (QED) is 0.623. The van der Waals surface area contributed by atoms with E-state index in [2.05, 4.69) is 20.2 Å². The molecule has 0 atom stereocenters. The fraction of sp³-hybridized carbons (Fsp3) is 0.188. The second kappa shape index (κ2) is 6.70. The number of hydrogen-bond acceptors (Lipinski definition) is 6. The third-order valence-electron chi connectivity index (χ3n) is 3.39. The smallest absolute Gasteiger partial charge is 0.209 e. The summed E-state index contributed by atoms with van der Waals surface area (Å²) in [5, 5.41) is 27.4. The largest absolute Gasteiger partial charge is 0.508 e. The molecule has 3 aromatic rings. The van der Waals surface area contributed by atoms with Gasteiger partial charge in [-0.1, -0.05) is 24.8 Å². The lowest BCUT2D eigenvalue weighted by Crippen LogP contribution is -1.88. The molecule has 3 N–H and O–H groups in total. The first-order valence-electron chi connectivity index (χ1n) is 7.16. The van der Waals surface area contributed by atoms with Crippen LogP contribution >= 0.6 is 11.8 Å². The van der Waals surface area contributed by atoms with Gasteiger partial charge in [0.15, 0.2) is 5.82 Å². The number of aryl methyl sites for hydroxylation is 1. The van der Waals surface area contributed by atoms with Gasteiger partial charge in [-0.3, -0.25) is 10.1 Å². The maximum atomic E-state index is 10.0. The maximum absolute atomic E-state index is 10.0. The molecule has 2 heterocycles. The number of thioether (sulfide) groups is 1. The first kappa shape index (κ1) is 15.4. The number of aromatic hydroxyl groups is 2. The molecule has 0 saturated heterocycles. The van der Waals surface area contributed by atoms with Crippen LogP contribution < -0.4 is 0 Å². The lowest BCUT2D eigenvalue weighted by atomic mass is 10.1. The Hall–Kier alpha value is -2.54. The molecule has 0 amide bonds. The molecule has 0 aliphatic carbocycles. The average Bonchev–Trinajstić information content (AvgIpc) is 3.03. The van der Waals surface area contributed by atoms with Gasteiger partial charge in [-0.25, -0.2) is 4.98 Å². The van der Waals surface area contributed by atoms with E-state index in [4.69, 9.17) is 0 Å². The summed E-state index contributed by atoms with van der Waals surface area (Å²) in [5.74, 6) is 1.25. The predicted molar refractivity (Wildman–Crippen MR) is 88.3 cm³/mol. The zero-order chi connectivity index (χ0) is 16.2. The normalized spacial score (nSPS) is 10.8. The van der Waals surface area contributed by atoms with Crippen LogP contribution in [0.15, 0.2) is 41.8 Å². The van der Waals surface area contributed by atoms with Crippen molar-refractivity contribution in [2.24, 2.45) is 0 Å². The van der Waals surface area contributed by atoms with Crippen molar-refractivity contribution in [2.45, 2.75) is 24.3 Å². The van der Waals surface area contributed by atoms with Crippen molar-refractivity contribution in [1.29, 1.82) is 0 Å². The molecule has 118 valence electrons. The number of rotatable bonds is 5. The second-order valence-electron chi connectivity index (χ2n) is 4.97. The number of benzene rings is 1. The van der Waals surface area contributed by atoms with Crippen molar-refractivity contribution in [2.75, 3.05) is 0 Å². The molecule has 6 nitrogen and oxygen atoms in total. The summed E-state index contributed by atoms with van der Waals surface area (Å²) >= 11 is 1.48. The highest BCUT2D eigenvalue weighted by atomic mass is 32.2. The zero-order valence-electron chi connectivity index (χ0n) is 12.5. The molecule has 0 aliphatic rings. The van der Waals surface area contributed by atoms with Gasteiger partial charge in [-0.2, -0.15) is 0 Å². The Kier molecular flexibility index (Phi) is 4.47. The monoisotopic (exact) mass is 328 g/mol. The van der Waals surface area contributed by atoms with E-state index in [1.165, 1.54) is 17.8 Å². The summed E-state index contributed by atoms with van der Waals surface area (Å²) in [6.45, 7) is 1.94. The van der Waals surface area contributed by atoms with Gasteiger partial charge in [0.05, 0.1) is 5.56 Å². The number of H-pyrrole nitrogens is 1. The molecule has 23 heavy (non-hydrogen) atoms. The van der Waals surface area contributed by atoms with Gasteiger partial charge in [0.25, 0.3) is 0 Å². The number of phenols is 2. The molecule has 7 heteroatoms.